The molecule has 1 N–H and O–H groups in total. The zero-order valence-corrected chi connectivity index (χ0v) is 16.8. The van der Waals surface area contributed by atoms with Gasteiger partial charge in [-0.1, -0.05) is 35.9 Å². The Kier molecular flexibility index (Phi) is 5.00. The maximum Gasteiger partial charge on any atom is 0.242 e. The van der Waals surface area contributed by atoms with E-state index < -0.39 is 0 Å². The molecular weight excluding hydrogens is 372 g/mol. The summed E-state index contributed by atoms with van der Waals surface area (Å²) >= 11 is 5.37. The van der Waals surface area contributed by atoms with E-state index in [-0.39, 0.29) is 12.5 Å². The predicted octanol–water partition coefficient (Wildman–Crippen LogP) is 3.51. The van der Waals surface area contributed by atoms with Crippen LogP contribution in [-0.4, -0.2) is 39.2 Å². The number of ether oxygens (including phenoxy) is 1. The number of benzene rings is 2. The molecule has 28 heavy (non-hydrogen) atoms. The Morgan fingerprint density at radius 3 is 2.75 bits per heavy atom. The highest BCUT2D eigenvalue weighted by molar-refractivity contribution is 7.71. The Balaban J connectivity index is 1.55. The van der Waals surface area contributed by atoms with E-state index in [1.54, 1.807) is 11.7 Å². The van der Waals surface area contributed by atoms with Crippen LogP contribution in [0.3, 0.4) is 0 Å². The molecule has 0 spiro atoms. The van der Waals surface area contributed by atoms with Crippen molar-refractivity contribution < 1.29 is 9.53 Å². The van der Waals surface area contributed by atoms with Crippen LogP contribution in [0.1, 0.15) is 16.7 Å². The van der Waals surface area contributed by atoms with E-state index in [0.29, 0.717) is 23.7 Å². The average molecular weight is 395 g/mol. The Morgan fingerprint density at radius 2 is 2.00 bits per heavy atom. The summed E-state index contributed by atoms with van der Waals surface area (Å²) in [5.74, 6) is 1.52. The van der Waals surface area contributed by atoms with Crippen LogP contribution in [0.2, 0.25) is 0 Å². The lowest BCUT2D eigenvalue weighted by Gasteiger charge is -2.29. The quantitative estimate of drug-likeness (QED) is 0.688. The number of carbonyl (C=O) groups is 1. The van der Waals surface area contributed by atoms with Gasteiger partial charge in [-0.05, 0) is 48.8 Å². The number of hydrogen-bond acceptors (Lipinski definition) is 4. The van der Waals surface area contributed by atoms with Crippen molar-refractivity contribution in [2.75, 3.05) is 13.7 Å². The van der Waals surface area contributed by atoms with Crippen molar-refractivity contribution in [3.8, 4) is 17.1 Å². The van der Waals surface area contributed by atoms with Gasteiger partial charge in [0.15, 0.2) is 10.6 Å². The van der Waals surface area contributed by atoms with Crippen LogP contribution >= 0.6 is 12.2 Å². The molecule has 0 aliphatic carbocycles. The summed E-state index contributed by atoms with van der Waals surface area (Å²) < 4.78 is 7.53. The van der Waals surface area contributed by atoms with Gasteiger partial charge in [-0.25, -0.2) is 0 Å². The van der Waals surface area contributed by atoms with E-state index in [1.165, 1.54) is 11.1 Å². The van der Waals surface area contributed by atoms with Crippen molar-refractivity contribution in [3.63, 3.8) is 0 Å². The molecule has 0 radical (unpaired) electrons. The normalized spacial score (nSPS) is 13.3. The molecule has 7 heteroatoms. The van der Waals surface area contributed by atoms with Gasteiger partial charge in [-0.3, -0.25) is 14.5 Å². The molecular formula is C21H22N4O2S. The van der Waals surface area contributed by atoms with Crippen LogP contribution in [0.5, 0.6) is 5.75 Å². The number of hydrogen-bond donors (Lipinski definition) is 1. The minimum Gasteiger partial charge on any atom is -0.497 e. The molecule has 2 heterocycles. The number of aromatic amines is 1. The van der Waals surface area contributed by atoms with Crippen LogP contribution in [0.15, 0.2) is 42.5 Å². The first kappa shape index (κ1) is 18.4. The summed E-state index contributed by atoms with van der Waals surface area (Å²) in [6.07, 6.45) is 0.840. The smallest absolute Gasteiger partial charge is 0.242 e. The highest BCUT2D eigenvalue weighted by atomic mass is 32.1. The monoisotopic (exact) mass is 394 g/mol. The highest BCUT2D eigenvalue weighted by Gasteiger charge is 2.22. The summed E-state index contributed by atoms with van der Waals surface area (Å²) in [4.78, 5) is 14.9. The molecule has 4 rings (SSSR count). The van der Waals surface area contributed by atoms with Gasteiger partial charge in [-0.2, -0.15) is 5.10 Å². The Labute approximate surface area is 168 Å². The first-order chi connectivity index (χ1) is 13.5. The van der Waals surface area contributed by atoms with Crippen molar-refractivity contribution in [1.82, 2.24) is 19.7 Å². The fourth-order valence-electron chi connectivity index (χ4n) is 3.50. The van der Waals surface area contributed by atoms with Gasteiger partial charge in [0.2, 0.25) is 5.91 Å². The number of nitrogens with zero attached hydrogens (tertiary/aromatic N) is 3. The van der Waals surface area contributed by atoms with Gasteiger partial charge in [0.1, 0.15) is 12.3 Å². The third kappa shape index (κ3) is 3.57. The predicted molar refractivity (Wildman–Crippen MR) is 110 cm³/mol. The summed E-state index contributed by atoms with van der Waals surface area (Å²) in [6.45, 7) is 3.48. The minimum absolute atomic E-state index is 0.0272. The lowest BCUT2D eigenvalue weighted by atomic mass is 9.99. The summed E-state index contributed by atoms with van der Waals surface area (Å²) in [5, 5.41) is 7.15. The van der Waals surface area contributed by atoms with Gasteiger partial charge in [0.25, 0.3) is 0 Å². The number of H-pyrrole nitrogens is 1. The molecule has 1 amide bonds. The molecule has 0 fully saturated rings. The van der Waals surface area contributed by atoms with E-state index in [2.05, 4.69) is 16.3 Å². The number of fused-ring (bicyclic) bond motifs is 1. The van der Waals surface area contributed by atoms with E-state index in [0.717, 1.165) is 23.3 Å². The second kappa shape index (κ2) is 7.59. The summed E-state index contributed by atoms with van der Waals surface area (Å²) in [6, 6.07) is 14.1. The van der Waals surface area contributed by atoms with E-state index in [9.17, 15) is 4.79 Å². The molecule has 2 aromatic carbocycles. The number of rotatable bonds is 4. The molecule has 1 aromatic heterocycles. The van der Waals surface area contributed by atoms with Crippen LogP contribution in [0.4, 0.5) is 0 Å². The molecule has 3 aromatic rings. The second-order valence-electron chi connectivity index (χ2n) is 7.00. The Bertz CT molecular complexity index is 1070. The van der Waals surface area contributed by atoms with Gasteiger partial charge < -0.3 is 9.64 Å². The van der Waals surface area contributed by atoms with Crippen molar-refractivity contribution in [1.29, 1.82) is 0 Å². The maximum atomic E-state index is 13.0. The number of carbonyl (C=O) groups excluding carboxylic acids is 1. The van der Waals surface area contributed by atoms with Gasteiger partial charge in [-0.15, -0.1) is 0 Å². The number of amides is 1. The molecule has 1 aliphatic rings. The van der Waals surface area contributed by atoms with E-state index >= 15 is 0 Å². The molecule has 0 atom stereocenters. The van der Waals surface area contributed by atoms with Crippen LogP contribution in [-0.2, 0) is 24.3 Å². The third-order valence-corrected chi connectivity index (χ3v) is 5.45. The molecule has 0 saturated carbocycles. The fraction of sp³-hybridized carbons (Fsp3) is 0.286. The second-order valence-corrected chi connectivity index (χ2v) is 7.39. The lowest BCUT2D eigenvalue weighted by molar-refractivity contribution is -0.132. The maximum absolute atomic E-state index is 13.0. The molecule has 1 aliphatic heterocycles. The fourth-order valence-corrected chi connectivity index (χ4v) is 3.69. The minimum atomic E-state index is 0.0272. The third-order valence-electron chi connectivity index (χ3n) is 5.14. The summed E-state index contributed by atoms with van der Waals surface area (Å²) in [7, 11) is 1.65. The molecule has 0 bridgehead atoms. The molecule has 0 saturated heterocycles. The van der Waals surface area contributed by atoms with Gasteiger partial charge >= 0.3 is 0 Å². The zero-order chi connectivity index (χ0) is 19.7. The topological polar surface area (TPSA) is 63.1 Å². The Hall–Kier alpha value is -2.93. The van der Waals surface area contributed by atoms with Crippen molar-refractivity contribution in [2.45, 2.75) is 26.4 Å². The summed E-state index contributed by atoms with van der Waals surface area (Å²) in [5.41, 5.74) is 4.50. The number of nitrogens with one attached hydrogen (secondary N) is 1. The van der Waals surface area contributed by atoms with E-state index in [4.69, 9.17) is 17.0 Å². The lowest BCUT2D eigenvalue weighted by Crippen LogP contribution is -2.38. The van der Waals surface area contributed by atoms with Gasteiger partial charge in [0.05, 0.1) is 7.11 Å². The van der Waals surface area contributed by atoms with Crippen molar-refractivity contribution in [3.05, 3.63) is 63.9 Å². The zero-order valence-electron chi connectivity index (χ0n) is 15.9. The van der Waals surface area contributed by atoms with Crippen LogP contribution < -0.4 is 4.74 Å². The first-order valence-corrected chi connectivity index (χ1v) is 9.62. The van der Waals surface area contributed by atoms with Crippen LogP contribution in [0.25, 0.3) is 11.4 Å². The van der Waals surface area contributed by atoms with Crippen molar-refractivity contribution >= 4 is 18.1 Å². The standard InChI is InChI=1S/C21H22N4O2S/c1-14-3-5-16(6-4-14)20-22-23-21(28)25(20)13-19(26)24-10-9-15-7-8-18(27-2)11-17(15)12-24/h3-8,11H,9-10,12-13H2,1-2H3,(H,23,28). The number of methoxy groups -OCH3 is 1. The van der Waals surface area contributed by atoms with E-state index in [1.807, 2.05) is 48.2 Å². The van der Waals surface area contributed by atoms with Gasteiger partial charge in [0, 0.05) is 18.7 Å². The molecule has 144 valence electrons. The first-order valence-electron chi connectivity index (χ1n) is 9.21. The van der Waals surface area contributed by atoms with Crippen molar-refractivity contribution in [2.24, 2.45) is 0 Å². The molecule has 0 unspecified atom stereocenters. The number of aryl methyl sites for hydroxylation is 1. The number of aromatic nitrogens is 3. The average Bonchev–Trinajstić information content (AvgIpc) is 3.08. The Morgan fingerprint density at radius 1 is 1.21 bits per heavy atom. The SMILES string of the molecule is COc1ccc2c(c1)CN(C(=O)Cn1c(-c3ccc(C)cc3)n[nH]c1=S)CC2. The molecule has 6 nitrogen and oxygen atoms in total. The van der Waals surface area contributed by atoms with Crippen LogP contribution in [0, 0.1) is 11.7 Å². The largest absolute Gasteiger partial charge is 0.497 e. The highest BCUT2D eigenvalue weighted by Crippen LogP contribution is 2.24.